The Balaban J connectivity index is 1.73. The maximum atomic E-state index is 12.1. The molecule has 0 saturated carbocycles. The molecule has 0 aliphatic heterocycles. The number of carbonyl (C=O) groups excluding carboxylic acids is 4. The van der Waals surface area contributed by atoms with Crippen LogP contribution in [-0.4, -0.2) is 51.2 Å². The predicted molar refractivity (Wildman–Crippen MR) is 129 cm³/mol. The number of benzene rings is 2. The Hall–Kier alpha value is -4.08. The van der Waals surface area contributed by atoms with Crippen molar-refractivity contribution in [3.63, 3.8) is 0 Å². The number of ether oxygens (including phenoxy) is 4. The molecular formula is C25H30N2O8. The van der Waals surface area contributed by atoms with Gasteiger partial charge >= 0.3 is 11.9 Å². The molecule has 0 heterocycles. The molecule has 2 aromatic carbocycles. The fraction of sp³-hybridized carbons (Fsp3) is 0.360. The van der Waals surface area contributed by atoms with Gasteiger partial charge in [-0.15, -0.1) is 0 Å². The molecule has 0 saturated heterocycles. The van der Waals surface area contributed by atoms with Gasteiger partial charge in [-0.3, -0.25) is 14.4 Å². The molecule has 0 radical (unpaired) electrons. The van der Waals surface area contributed by atoms with Crippen molar-refractivity contribution >= 4 is 35.1 Å². The first-order valence-electron chi connectivity index (χ1n) is 11.0. The zero-order valence-corrected chi connectivity index (χ0v) is 20.2. The molecule has 0 aliphatic rings. The first-order valence-corrected chi connectivity index (χ1v) is 11.0. The van der Waals surface area contributed by atoms with Crippen molar-refractivity contribution in [2.75, 3.05) is 38.1 Å². The summed E-state index contributed by atoms with van der Waals surface area (Å²) in [5.41, 5.74) is 1.24. The summed E-state index contributed by atoms with van der Waals surface area (Å²) in [6, 6.07) is 11.1. The average molecular weight is 487 g/mol. The van der Waals surface area contributed by atoms with Gasteiger partial charge < -0.3 is 29.6 Å². The number of nitrogens with one attached hydrogen (secondary N) is 2. The van der Waals surface area contributed by atoms with Crippen molar-refractivity contribution in [2.24, 2.45) is 5.92 Å². The van der Waals surface area contributed by atoms with E-state index < -0.39 is 30.4 Å². The van der Waals surface area contributed by atoms with Crippen LogP contribution in [-0.2, 0) is 23.9 Å². The minimum atomic E-state index is -0.694. The maximum absolute atomic E-state index is 12.1. The van der Waals surface area contributed by atoms with Crippen LogP contribution >= 0.6 is 0 Å². The number of esters is 2. The monoisotopic (exact) mass is 486 g/mol. The predicted octanol–water partition coefficient (Wildman–Crippen LogP) is 3.42. The number of carbonyl (C=O) groups is 4. The molecule has 2 rings (SSSR count). The summed E-state index contributed by atoms with van der Waals surface area (Å²) < 4.78 is 20.4. The summed E-state index contributed by atoms with van der Waals surface area (Å²) in [4.78, 5) is 48.0. The molecule has 2 N–H and O–H groups in total. The number of amides is 2. The highest BCUT2D eigenvalue weighted by molar-refractivity contribution is 5.96. The van der Waals surface area contributed by atoms with Crippen molar-refractivity contribution in [3.8, 4) is 11.5 Å². The summed E-state index contributed by atoms with van der Waals surface area (Å²) in [7, 11) is 2.96. The zero-order valence-electron chi connectivity index (χ0n) is 20.2. The van der Waals surface area contributed by atoms with Crippen LogP contribution in [0.1, 0.15) is 37.0 Å². The summed E-state index contributed by atoms with van der Waals surface area (Å²) in [6.07, 6.45) is -0.338. The molecule has 2 amide bonds. The molecule has 0 spiro atoms. The van der Waals surface area contributed by atoms with Crippen LogP contribution in [0.15, 0.2) is 42.5 Å². The van der Waals surface area contributed by atoms with Crippen LogP contribution in [0, 0.1) is 5.92 Å². The molecule has 35 heavy (non-hydrogen) atoms. The number of anilines is 2. The minimum absolute atomic E-state index is 0.134. The van der Waals surface area contributed by atoms with Crippen molar-refractivity contribution in [2.45, 2.75) is 26.7 Å². The van der Waals surface area contributed by atoms with Gasteiger partial charge in [-0.25, -0.2) is 4.79 Å². The maximum Gasteiger partial charge on any atom is 0.338 e. The molecule has 2 aromatic rings. The number of methoxy groups -OCH3 is 2. The lowest BCUT2D eigenvalue weighted by molar-refractivity contribution is -0.147. The highest BCUT2D eigenvalue weighted by atomic mass is 16.5. The molecule has 188 valence electrons. The van der Waals surface area contributed by atoms with Crippen molar-refractivity contribution in [1.29, 1.82) is 0 Å². The fourth-order valence-electron chi connectivity index (χ4n) is 2.76. The zero-order chi connectivity index (χ0) is 25.8. The van der Waals surface area contributed by atoms with Gasteiger partial charge in [0, 0.05) is 18.2 Å². The van der Waals surface area contributed by atoms with E-state index in [0.717, 1.165) is 0 Å². The Morgan fingerprint density at radius 1 is 0.829 bits per heavy atom. The van der Waals surface area contributed by atoms with E-state index >= 15 is 0 Å². The van der Waals surface area contributed by atoms with Gasteiger partial charge in [-0.1, -0.05) is 13.8 Å². The Morgan fingerprint density at radius 2 is 1.54 bits per heavy atom. The molecule has 0 unspecified atom stereocenters. The Morgan fingerprint density at radius 3 is 2.17 bits per heavy atom. The molecule has 0 aromatic heterocycles. The largest absolute Gasteiger partial charge is 0.497 e. The van der Waals surface area contributed by atoms with Gasteiger partial charge in [-0.2, -0.15) is 0 Å². The Kier molecular flexibility index (Phi) is 10.5. The van der Waals surface area contributed by atoms with Crippen LogP contribution in [0.2, 0.25) is 0 Å². The Labute approximate surface area is 203 Å². The van der Waals surface area contributed by atoms with Crippen LogP contribution < -0.4 is 20.1 Å². The lowest BCUT2D eigenvalue weighted by Crippen LogP contribution is -2.22. The van der Waals surface area contributed by atoms with E-state index in [-0.39, 0.29) is 18.8 Å². The second-order valence-electron chi connectivity index (χ2n) is 7.89. The summed E-state index contributed by atoms with van der Waals surface area (Å²) in [6.45, 7) is 3.70. The quantitative estimate of drug-likeness (QED) is 0.437. The molecule has 0 bridgehead atoms. The number of hydrogen-bond acceptors (Lipinski definition) is 8. The number of hydrogen-bond donors (Lipinski definition) is 2. The first kappa shape index (κ1) is 27.2. The van der Waals surface area contributed by atoms with E-state index in [2.05, 4.69) is 10.6 Å². The van der Waals surface area contributed by atoms with E-state index in [1.54, 1.807) is 42.5 Å². The van der Waals surface area contributed by atoms with E-state index in [9.17, 15) is 19.2 Å². The standard InChI is InChI=1S/C25H30N2O8/c1-16(2)14-35-25(31)17-5-7-18(8-6-17)26-22(28)11-12-24(30)34-15-23(29)27-20-10-9-19(32-3)13-21(20)33-4/h5-10,13,16H,11-12,14-15H2,1-4H3,(H,26,28)(H,27,29). The topological polar surface area (TPSA) is 129 Å². The summed E-state index contributed by atoms with van der Waals surface area (Å²) in [5.74, 6) is -0.918. The van der Waals surface area contributed by atoms with Gasteiger partial charge in [0.05, 0.1) is 38.5 Å². The van der Waals surface area contributed by atoms with E-state index in [1.807, 2.05) is 13.8 Å². The third kappa shape index (κ3) is 9.36. The lowest BCUT2D eigenvalue weighted by atomic mass is 10.2. The lowest BCUT2D eigenvalue weighted by Gasteiger charge is -2.12. The van der Waals surface area contributed by atoms with Crippen molar-refractivity contribution in [1.82, 2.24) is 0 Å². The van der Waals surface area contributed by atoms with Gasteiger partial charge in [0.1, 0.15) is 11.5 Å². The highest BCUT2D eigenvalue weighted by Crippen LogP contribution is 2.28. The molecular weight excluding hydrogens is 456 g/mol. The van der Waals surface area contributed by atoms with E-state index in [4.69, 9.17) is 18.9 Å². The number of rotatable bonds is 12. The molecule has 10 nitrogen and oxygen atoms in total. The van der Waals surface area contributed by atoms with Crippen molar-refractivity contribution < 1.29 is 38.1 Å². The van der Waals surface area contributed by atoms with Crippen LogP contribution in [0.3, 0.4) is 0 Å². The second kappa shape index (κ2) is 13.6. The van der Waals surface area contributed by atoms with E-state index in [0.29, 0.717) is 35.0 Å². The third-order valence-electron chi connectivity index (χ3n) is 4.56. The van der Waals surface area contributed by atoms with Crippen LogP contribution in [0.25, 0.3) is 0 Å². The summed E-state index contributed by atoms with van der Waals surface area (Å²) >= 11 is 0. The summed E-state index contributed by atoms with van der Waals surface area (Å²) in [5, 5.41) is 5.21. The van der Waals surface area contributed by atoms with Crippen molar-refractivity contribution in [3.05, 3.63) is 48.0 Å². The third-order valence-corrected chi connectivity index (χ3v) is 4.56. The molecule has 0 atom stereocenters. The molecule has 0 aliphatic carbocycles. The molecule has 10 heteroatoms. The first-order chi connectivity index (χ1) is 16.7. The SMILES string of the molecule is COc1ccc(NC(=O)COC(=O)CCC(=O)Nc2ccc(C(=O)OCC(C)C)cc2)c(OC)c1. The van der Waals surface area contributed by atoms with Gasteiger partial charge in [0.25, 0.3) is 5.91 Å². The Bertz CT molecular complexity index is 1030. The van der Waals surface area contributed by atoms with Gasteiger partial charge in [0.2, 0.25) is 5.91 Å². The second-order valence-corrected chi connectivity index (χ2v) is 7.89. The minimum Gasteiger partial charge on any atom is -0.497 e. The average Bonchev–Trinajstić information content (AvgIpc) is 2.85. The van der Waals surface area contributed by atoms with Gasteiger partial charge in [-0.05, 0) is 42.3 Å². The van der Waals surface area contributed by atoms with Gasteiger partial charge in [0.15, 0.2) is 6.61 Å². The normalized spacial score (nSPS) is 10.3. The van der Waals surface area contributed by atoms with E-state index in [1.165, 1.54) is 14.2 Å². The smallest absolute Gasteiger partial charge is 0.338 e. The van der Waals surface area contributed by atoms with Crippen LogP contribution in [0.4, 0.5) is 11.4 Å². The van der Waals surface area contributed by atoms with Crippen LogP contribution in [0.5, 0.6) is 11.5 Å². The molecule has 0 fully saturated rings. The highest BCUT2D eigenvalue weighted by Gasteiger charge is 2.14. The fourth-order valence-corrected chi connectivity index (χ4v) is 2.76.